The molecule has 1 rings (SSSR count). The number of methoxy groups -OCH3 is 1. The minimum atomic E-state index is -0.956. The summed E-state index contributed by atoms with van der Waals surface area (Å²) in [6, 6.07) is 0. The molecule has 0 spiro atoms. The molecule has 7 heteroatoms. The first-order valence-corrected chi connectivity index (χ1v) is 4.93. The van der Waals surface area contributed by atoms with Crippen LogP contribution in [0.2, 0.25) is 13.6 Å². The van der Waals surface area contributed by atoms with Gasteiger partial charge in [-0.05, 0) is 0 Å². The van der Waals surface area contributed by atoms with Crippen LogP contribution in [-0.2, 0) is 18.8 Å². The van der Waals surface area contributed by atoms with E-state index in [-0.39, 0.29) is 6.61 Å². The Balaban J connectivity index is 2.58. The van der Waals surface area contributed by atoms with Crippen molar-refractivity contribution in [2.45, 2.75) is 38.2 Å². The minimum Gasteiger partial charge on any atom is -0.437 e. The fourth-order valence-electron chi connectivity index (χ4n) is 1.55. The number of aliphatic hydroxyl groups excluding tert-OH is 1. The summed E-state index contributed by atoms with van der Waals surface area (Å²) >= 11 is 0. The zero-order valence-electron chi connectivity index (χ0n) is 11.3. The molecule has 0 bridgehead atoms. The van der Waals surface area contributed by atoms with E-state index >= 15 is 0 Å². The van der Waals surface area contributed by atoms with Gasteiger partial charge in [0.2, 0.25) is 0 Å². The minimum absolute atomic E-state index is 0.124. The highest BCUT2D eigenvalue weighted by atomic mass is 16.7. The Morgan fingerprint density at radius 3 is 2.73 bits per heavy atom. The van der Waals surface area contributed by atoms with E-state index in [0.29, 0.717) is 0 Å². The van der Waals surface area contributed by atoms with E-state index in [4.69, 9.17) is 21.5 Å². The maximum atomic E-state index is 9.87. The summed E-state index contributed by atoms with van der Waals surface area (Å²) in [5.41, 5.74) is 0. The molecule has 0 aromatic carbocycles. The van der Waals surface area contributed by atoms with Gasteiger partial charge in [-0.1, -0.05) is 13.6 Å². The maximum Gasteiger partial charge on any atom is 0.272 e. The Kier molecular flexibility index (Phi) is 4.38. The van der Waals surface area contributed by atoms with Gasteiger partial charge in [-0.3, -0.25) is 0 Å². The molecule has 0 aromatic heterocycles. The second-order valence-corrected chi connectivity index (χ2v) is 3.17. The molecule has 1 heterocycles. The van der Waals surface area contributed by atoms with Crippen molar-refractivity contribution in [1.82, 2.24) is 0 Å². The number of hydrogen-bond donors (Lipinski definition) is 1. The van der Waals surface area contributed by atoms with Crippen LogP contribution >= 0.6 is 0 Å². The normalized spacial score (nSPS) is 37.3. The van der Waals surface area contributed by atoms with Crippen molar-refractivity contribution in [3.05, 3.63) is 0 Å². The summed E-state index contributed by atoms with van der Waals surface area (Å²) in [7, 11) is -0.0259. The molecular formula is C8H18B2O5. The lowest BCUT2D eigenvalue weighted by atomic mass is 10.0. The van der Waals surface area contributed by atoms with Crippen LogP contribution in [0.15, 0.2) is 0 Å². The summed E-state index contributed by atoms with van der Waals surface area (Å²) in [6.45, 7) is 3.26. The van der Waals surface area contributed by atoms with Crippen molar-refractivity contribution in [3.8, 4) is 0 Å². The topological polar surface area (TPSA) is 57.2 Å². The molecule has 5 nitrogen and oxygen atoms in total. The molecular weight excluding hydrogens is 198 g/mol. The van der Waals surface area contributed by atoms with Crippen molar-refractivity contribution >= 4 is 14.9 Å². The number of aliphatic hydroxyl groups is 1. The average molecular weight is 218 g/mol. The first-order chi connectivity index (χ1) is 7.95. The molecule has 86 valence electrons. The van der Waals surface area contributed by atoms with Crippen LogP contribution in [0.5, 0.6) is 0 Å². The quantitative estimate of drug-likeness (QED) is 0.574. The van der Waals surface area contributed by atoms with E-state index in [2.05, 4.69) is 0 Å². The standard InChI is InChI=1S/C8H18B2O5/c1-9-13-4-5-7(15-10-2)6(11)8(12-3)14-5/h5-11H,4H2,1-3H3/t5-,6-,7-,8+/m1/s1/i9D,10D. The second-order valence-electron chi connectivity index (χ2n) is 3.17. The third kappa shape index (κ3) is 3.19. The maximum absolute atomic E-state index is 9.87. The van der Waals surface area contributed by atoms with Gasteiger partial charge in [-0.15, -0.1) is 0 Å². The molecule has 0 aliphatic carbocycles. The summed E-state index contributed by atoms with van der Waals surface area (Å²) in [6.07, 6.45) is -2.95. The lowest BCUT2D eigenvalue weighted by molar-refractivity contribution is -0.152. The average Bonchev–Trinajstić information content (AvgIpc) is 2.53. The Morgan fingerprint density at radius 2 is 2.20 bits per heavy atom. The van der Waals surface area contributed by atoms with E-state index < -0.39 is 39.5 Å². The molecule has 0 saturated carbocycles. The molecule has 0 aromatic rings. The van der Waals surface area contributed by atoms with Gasteiger partial charge in [0.1, 0.15) is 12.2 Å². The highest BCUT2D eigenvalue weighted by molar-refractivity contribution is 6.25. The van der Waals surface area contributed by atoms with Gasteiger partial charge in [0, 0.05) is 9.78 Å². The van der Waals surface area contributed by atoms with Crippen LogP contribution < -0.4 is 0 Å². The first-order valence-electron chi connectivity index (χ1n) is 6.09. The van der Waals surface area contributed by atoms with Gasteiger partial charge in [0.05, 0.1) is 12.7 Å². The van der Waals surface area contributed by atoms with Crippen molar-refractivity contribution < 1.29 is 23.9 Å². The number of ether oxygens (including phenoxy) is 2. The first kappa shape index (κ1) is 10.1. The molecule has 0 radical (unpaired) electrons. The predicted octanol–water partition coefficient (Wildman–Crippen LogP) is -1.08. The van der Waals surface area contributed by atoms with Crippen molar-refractivity contribution in [3.63, 3.8) is 0 Å². The SMILES string of the molecule is [2H]B(C)OC[C@H]1O[C@H](OC)[C@H](O)[C@@H]1OB([2H])C. The van der Waals surface area contributed by atoms with E-state index in [1.165, 1.54) is 7.11 Å². The monoisotopic (exact) mass is 218 g/mol. The van der Waals surface area contributed by atoms with E-state index in [1.807, 2.05) is 0 Å². The van der Waals surface area contributed by atoms with Gasteiger partial charge < -0.3 is 23.9 Å². The van der Waals surface area contributed by atoms with Gasteiger partial charge in [-0.2, -0.15) is 0 Å². The number of hydrogen-bond acceptors (Lipinski definition) is 5. The molecule has 1 N–H and O–H groups in total. The largest absolute Gasteiger partial charge is 0.437 e. The summed E-state index contributed by atoms with van der Waals surface area (Å²) in [4.78, 5) is 0. The fourth-order valence-corrected chi connectivity index (χ4v) is 1.55. The molecule has 0 amide bonds. The van der Waals surface area contributed by atoms with Gasteiger partial charge >= 0.3 is 0 Å². The Morgan fingerprint density at radius 1 is 1.47 bits per heavy atom. The molecule has 1 fully saturated rings. The Labute approximate surface area is 94.3 Å². The van der Waals surface area contributed by atoms with Crippen molar-refractivity contribution in [2.24, 2.45) is 0 Å². The van der Waals surface area contributed by atoms with Crippen LogP contribution in [-0.4, -0.2) is 61.0 Å². The summed E-state index contributed by atoms with van der Waals surface area (Å²) in [5.74, 6) is 0. The molecule has 1 aliphatic heterocycles. The smallest absolute Gasteiger partial charge is 0.272 e. The van der Waals surface area contributed by atoms with E-state index in [9.17, 15) is 5.11 Å². The van der Waals surface area contributed by atoms with Crippen LogP contribution in [0.1, 0.15) is 0 Å². The number of rotatable bonds is 6. The highest BCUT2D eigenvalue weighted by Gasteiger charge is 2.44. The predicted molar refractivity (Wildman–Crippen MR) is 58.5 cm³/mol. The highest BCUT2D eigenvalue weighted by Crippen LogP contribution is 2.24. The molecule has 1 saturated heterocycles. The van der Waals surface area contributed by atoms with Crippen molar-refractivity contribution in [2.75, 3.05) is 13.7 Å². The van der Waals surface area contributed by atoms with Crippen LogP contribution in [0.4, 0.5) is 0 Å². The third-order valence-corrected chi connectivity index (χ3v) is 2.24. The Bertz CT molecular complexity index is 234. The van der Waals surface area contributed by atoms with Gasteiger partial charge in [-0.25, -0.2) is 0 Å². The van der Waals surface area contributed by atoms with E-state index in [1.54, 1.807) is 13.6 Å². The third-order valence-electron chi connectivity index (χ3n) is 2.24. The van der Waals surface area contributed by atoms with Crippen LogP contribution in [0, 0.1) is 0 Å². The van der Waals surface area contributed by atoms with E-state index in [0.717, 1.165) is 0 Å². The van der Waals surface area contributed by atoms with Crippen LogP contribution in [0.25, 0.3) is 0 Å². The molecule has 0 unspecified atom stereocenters. The second kappa shape index (κ2) is 6.50. The van der Waals surface area contributed by atoms with Crippen LogP contribution in [0.3, 0.4) is 0 Å². The Hall–Kier alpha value is -0.0701. The fraction of sp³-hybridized carbons (Fsp3) is 1.00. The van der Waals surface area contributed by atoms with Gasteiger partial charge in [0.15, 0.2) is 6.29 Å². The lowest BCUT2D eigenvalue weighted by Gasteiger charge is -2.19. The lowest BCUT2D eigenvalue weighted by Crippen LogP contribution is -2.38. The zero-order valence-corrected chi connectivity index (χ0v) is 9.25. The molecule has 15 heavy (non-hydrogen) atoms. The summed E-state index contributed by atoms with van der Waals surface area (Å²) < 4.78 is 35.3. The summed E-state index contributed by atoms with van der Waals surface area (Å²) in [5, 5.41) is 9.87. The van der Waals surface area contributed by atoms with Crippen molar-refractivity contribution in [1.29, 1.82) is 2.67 Å². The molecule has 4 atom stereocenters. The van der Waals surface area contributed by atoms with Gasteiger partial charge in [0.25, 0.3) is 14.9 Å². The molecule has 1 aliphatic rings. The zero-order chi connectivity index (χ0) is 13.0.